The van der Waals surface area contributed by atoms with E-state index in [1.807, 2.05) is 71.9 Å². The minimum Gasteiger partial charge on any atom is -0.351 e. The number of hydrogen-bond acceptors (Lipinski definition) is 5. The number of nitrogens with zero attached hydrogens (tertiary/aromatic N) is 2. The topological polar surface area (TPSA) is 116 Å². The number of ketones is 1. The highest BCUT2D eigenvalue weighted by Crippen LogP contribution is 2.30. The molecule has 4 amide bonds. The first kappa shape index (κ1) is 35.0. The average molecular weight is 585 g/mol. The summed E-state index contributed by atoms with van der Waals surface area (Å²) in [6, 6.07) is 7.06. The molecule has 5 atom stereocenters. The van der Waals surface area contributed by atoms with Crippen LogP contribution in [-0.4, -0.2) is 77.5 Å². The molecule has 9 heteroatoms. The fourth-order valence-corrected chi connectivity index (χ4v) is 5.45. The van der Waals surface area contributed by atoms with Gasteiger partial charge in [0, 0.05) is 39.4 Å². The molecule has 0 radical (unpaired) electrons. The van der Waals surface area contributed by atoms with E-state index in [1.165, 1.54) is 16.7 Å². The minimum atomic E-state index is -0.807. The van der Waals surface area contributed by atoms with E-state index in [2.05, 4.69) is 10.6 Å². The van der Waals surface area contributed by atoms with Gasteiger partial charge in [-0.3, -0.25) is 24.0 Å². The van der Waals surface area contributed by atoms with Crippen LogP contribution in [0.1, 0.15) is 79.7 Å². The van der Waals surface area contributed by atoms with Crippen molar-refractivity contribution in [1.29, 1.82) is 0 Å². The van der Waals surface area contributed by atoms with Gasteiger partial charge in [0.05, 0.1) is 0 Å². The molecule has 2 N–H and O–H groups in total. The lowest BCUT2D eigenvalue weighted by atomic mass is 9.96. The third-order valence-electron chi connectivity index (χ3n) is 7.78. The van der Waals surface area contributed by atoms with Gasteiger partial charge < -0.3 is 20.4 Å². The molecule has 1 aliphatic rings. The highest BCUT2D eigenvalue weighted by Gasteiger charge is 2.44. The molecule has 9 nitrogen and oxygen atoms in total. The molecule has 0 aromatic heterocycles. The standard InChI is InChI=1S/C33H52N4O5/c1-20(2)15-27(34-23(7)38)32(41)37(9)29(17-22(5)6)33(42)36(8)28(16-21(3)4)31(40)35-26(25-19-30(25)39)18-24-13-11-10-12-14-24/h10-14,20-22,25-29H,15-19H2,1-9H3,(H,34,38)(H,35,40)/t25-,26?,27-,28-,29-/m0/s1. The molecule has 1 aromatic carbocycles. The van der Waals surface area contributed by atoms with E-state index in [1.54, 1.807) is 14.1 Å². The lowest BCUT2D eigenvalue weighted by molar-refractivity contribution is -0.149. The summed E-state index contributed by atoms with van der Waals surface area (Å²) in [5.41, 5.74) is 1.03. The Morgan fingerprint density at radius 3 is 1.76 bits per heavy atom. The largest absolute Gasteiger partial charge is 0.351 e. The second-order valence-corrected chi connectivity index (χ2v) is 13.2. The van der Waals surface area contributed by atoms with Crippen LogP contribution in [0.3, 0.4) is 0 Å². The van der Waals surface area contributed by atoms with Gasteiger partial charge in [-0.1, -0.05) is 71.9 Å². The Balaban J connectivity index is 2.32. The maximum Gasteiger partial charge on any atom is 0.245 e. The van der Waals surface area contributed by atoms with Gasteiger partial charge in [-0.15, -0.1) is 0 Å². The maximum atomic E-state index is 14.1. The van der Waals surface area contributed by atoms with Gasteiger partial charge in [0.25, 0.3) is 0 Å². The van der Waals surface area contributed by atoms with Crippen LogP contribution >= 0.6 is 0 Å². The molecule has 1 saturated carbocycles. The molecule has 1 unspecified atom stereocenters. The summed E-state index contributed by atoms with van der Waals surface area (Å²) in [4.78, 5) is 68.4. The van der Waals surface area contributed by atoms with Crippen LogP contribution in [-0.2, 0) is 30.4 Å². The van der Waals surface area contributed by atoms with Gasteiger partial charge in [0.2, 0.25) is 23.6 Å². The Morgan fingerprint density at radius 1 is 0.786 bits per heavy atom. The van der Waals surface area contributed by atoms with Gasteiger partial charge in [-0.25, -0.2) is 0 Å². The summed E-state index contributed by atoms with van der Waals surface area (Å²) in [5.74, 6) is -0.980. The third-order valence-corrected chi connectivity index (χ3v) is 7.78. The van der Waals surface area contributed by atoms with Crippen molar-refractivity contribution in [2.45, 2.75) is 105 Å². The van der Waals surface area contributed by atoms with E-state index < -0.39 is 18.1 Å². The molecule has 1 fully saturated rings. The normalized spacial score (nSPS) is 17.4. The quantitative estimate of drug-likeness (QED) is 0.308. The molecular weight excluding hydrogens is 532 g/mol. The first-order chi connectivity index (χ1) is 19.6. The lowest BCUT2D eigenvalue weighted by Crippen LogP contribution is -2.58. The molecule has 0 saturated heterocycles. The average Bonchev–Trinajstić information content (AvgIpc) is 3.64. The van der Waals surface area contributed by atoms with Crippen molar-refractivity contribution in [2.24, 2.45) is 23.7 Å². The second kappa shape index (κ2) is 15.8. The highest BCUT2D eigenvalue weighted by atomic mass is 16.2. The fraction of sp³-hybridized carbons (Fsp3) is 0.667. The molecule has 234 valence electrons. The lowest BCUT2D eigenvalue weighted by Gasteiger charge is -2.37. The van der Waals surface area contributed by atoms with E-state index in [-0.39, 0.29) is 59.1 Å². The summed E-state index contributed by atoms with van der Waals surface area (Å²) in [6.45, 7) is 13.3. The van der Waals surface area contributed by atoms with Crippen LogP contribution in [0.4, 0.5) is 0 Å². The summed E-state index contributed by atoms with van der Waals surface area (Å²) < 4.78 is 0. The number of nitrogens with one attached hydrogen (secondary N) is 2. The Kier molecular flexibility index (Phi) is 13.2. The van der Waals surface area contributed by atoms with Crippen molar-refractivity contribution in [3.63, 3.8) is 0 Å². The highest BCUT2D eigenvalue weighted by molar-refractivity contribution is 5.98. The van der Waals surface area contributed by atoms with E-state index in [4.69, 9.17) is 0 Å². The van der Waals surface area contributed by atoms with E-state index in [0.29, 0.717) is 32.1 Å². The first-order valence-corrected chi connectivity index (χ1v) is 15.3. The molecule has 1 aliphatic carbocycles. The van der Waals surface area contributed by atoms with E-state index in [0.717, 1.165) is 5.56 Å². The van der Waals surface area contributed by atoms with Crippen LogP contribution < -0.4 is 10.6 Å². The Hall–Kier alpha value is -3.23. The molecule has 0 spiro atoms. The minimum absolute atomic E-state index is 0.0976. The van der Waals surface area contributed by atoms with Crippen LogP contribution in [0.25, 0.3) is 0 Å². The van der Waals surface area contributed by atoms with Gasteiger partial charge in [0.15, 0.2) is 0 Å². The van der Waals surface area contributed by atoms with Gasteiger partial charge in [0.1, 0.15) is 23.9 Å². The van der Waals surface area contributed by atoms with Crippen molar-refractivity contribution in [3.05, 3.63) is 35.9 Å². The van der Waals surface area contributed by atoms with Crippen LogP contribution in [0.2, 0.25) is 0 Å². The molecule has 1 aromatic rings. The van der Waals surface area contributed by atoms with Crippen molar-refractivity contribution >= 4 is 29.4 Å². The number of rotatable bonds is 16. The molecule has 0 bridgehead atoms. The van der Waals surface area contributed by atoms with Crippen LogP contribution in [0.15, 0.2) is 30.3 Å². The summed E-state index contributed by atoms with van der Waals surface area (Å²) in [6.07, 6.45) is 2.25. The fourth-order valence-electron chi connectivity index (χ4n) is 5.45. The zero-order valence-corrected chi connectivity index (χ0v) is 27.0. The smallest absolute Gasteiger partial charge is 0.245 e. The number of hydrogen-bond donors (Lipinski definition) is 2. The van der Waals surface area contributed by atoms with Crippen molar-refractivity contribution in [3.8, 4) is 0 Å². The summed E-state index contributed by atoms with van der Waals surface area (Å²) >= 11 is 0. The third kappa shape index (κ3) is 10.6. The number of benzene rings is 1. The summed E-state index contributed by atoms with van der Waals surface area (Å²) in [5, 5.41) is 5.86. The Bertz CT molecular complexity index is 1090. The van der Waals surface area contributed by atoms with Gasteiger partial charge in [-0.2, -0.15) is 0 Å². The molecule has 2 rings (SSSR count). The van der Waals surface area contributed by atoms with Crippen molar-refractivity contribution in [2.75, 3.05) is 14.1 Å². The maximum absolute atomic E-state index is 14.1. The number of likely N-dealkylation sites (N-methyl/N-ethyl adjacent to an activating group) is 2. The number of Topliss-reactive ketones (excluding diaryl/α,β-unsaturated/α-hetero) is 1. The predicted molar refractivity (Wildman–Crippen MR) is 164 cm³/mol. The molecular formula is C33H52N4O5. The van der Waals surface area contributed by atoms with E-state index in [9.17, 15) is 24.0 Å². The zero-order valence-electron chi connectivity index (χ0n) is 27.0. The molecule has 42 heavy (non-hydrogen) atoms. The predicted octanol–water partition coefficient (Wildman–Crippen LogP) is 3.60. The van der Waals surface area contributed by atoms with Crippen LogP contribution in [0.5, 0.6) is 0 Å². The van der Waals surface area contributed by atoms with Crippen molar-refractivity contribution < 1.29 is 24.0 Å². The monoisotopic (exact) mass is 584 g/mol. The molecule has 0 heterocycles. The SMILES string of the molecule is CC(=O)N[C@@H](CC(C)C)C(=O)N(C)[C@@H](CC(C)C)C(=O)N(C)[C@@H](CC(C)C)C(=O)NC(Cc1ccccc1)[C@@H]1CC1=O. The summed E-state index contributed by atoms with van der Waals surface area (Å²) in [7, 11) is 3.22. The zero-order chi connectivity index (χ0) is 31.7. The number of carbonyl (C=O) groups is 5. The Morgan fingerprint density at radius 2 is 1.29 bits per heavy atom. The van der Waals surface area contributed by atoms with Crippen molar-refractivity contribution in [1.82, 2.24) is 20.4 Å². The van der Waals surface area contributed by atoms with E-state index >= 15 is 0 Å². The van der Waals surface area contributed by atoms with Gasteiger partial charge in [-0.05, 0) is 49.0 Å². The molecule has 0 aliphatic heterocycles. The number of amides is 4. The second-order valence-electron chi connectivity index (χ2n) is 13.2. The van der Waals surface area contributed by atoms with Crippen LogP contribution in [0, 0.1) is 23.7 Å². The van der Waals surface area contributed by atoms with Gasteiger partial charge >= 0.3 is 0 Å². The number of carbonyl (C=O) groups excluding carboxylic acids is 5. The Labute approximate surface area is 252 Å². The first-order valence-electron chi connectivity index (χ1n) is 15.3.